The zero-order chi connectivity index (χ0) is 22.8. The summed E-state index contributed by atoms with van der Waals surface area (Å²) in [6, 6.07) is 5.22. The van der Waals surface area contributed by atoms with Gasteiger partial charge in [0.2, 0.25) is 5.91 Å². The lowest BCUT2D eigenvalue weighted by Gasteiger charge is -2.24. The topological polar surface area (TPSA) is 78.0 Å². The third-order valence-electron chi connectivity index (χ3n) is 6.34. The average Bonchev–Trinajstić information content (AvgIpc) is 3.21. The molecule has 0 spiro atoms. The molecule has 0 saturated carbocycles. The Bertz CT molecular complexity index is 1020. The number of hydrogen-bond donors (Lipinski definition) is 0. The van der Waals surface area contributed by atoms with Crippen LogP contribution in [-0.4, -0.2) is 54.7 Å². The fraction of sp³-hybridized carbons (Fsp3) is 0.560. The number of methoxy groups -OCH3 is 2. The molecule has 0 N–H and O–H groups in total. The molecule has 2 heterocycles. The maximum Gasteiger partial charge on any atom is 0.328 e. The molecule has 2 aliphatic rings. The Morgan fingerprint density at radius 2 is 1.97 bits per heavy atom. The van der Waals surface area contributed by atoms with Crippen LogP contribution in [0.5, 0.6) is 11.5 Å². The number of carbonyl (C=O) groups is 2. The van der Waals surface area contributed by atoms with E-state index in [1.54, 1.807) is 12.0 Å². The molecule has 2 atom stereocenters. The van der Waals surface area contributed by atoms with Gasteiger partial charge in [-0.25, -0.2) is 4.79 Å². The number of nitrogens with zero attached hydrogens (tertiary/aromatic N) is 2. The molecule has 7 heteroatoms. The van der Waals surface area contributed by atoms with E-state index in [0.29, 0.717) is 19.4 Å². The number of esters is 1. The molecule has 2 aromatic rings. The van der Waals surface area contributed by atoms with Gasteiger partial charge in [-0.05, 0) is 43.7 Å². The van der Waals surface area contributed by atoms with Crippen molar-refractivity contribution in [2.75, 3.05) is 20.8 Å². The number of rotatable bonds is 6. The molecule has 1 aromatic carbocycles. The summed E-state index contributed by atoms with van der Waals surface area (Å²) >= 11 is 0. The van der Waals surface area contributed by atoms with E-state index in [4.69, 9.17) is 19.2 Å². The second-order valence-electron chi connectivity index (χ2n) is 9.11. The second kappa shape index (κ2) is 9.35. The lowest BCUT2D eigenvalue weighted by Crippen LogP contribution is -2.41. The minimum atomic E-state index is -0.611. The molecular formula is C25H32N2O5. The molecule has 1 aliphatic carbocycles. The van der Waals surface area contributed by atoms with Gasteiger partial charge in [-0.1, -0.05) is 13.8 Å². The highest BCUT2D eigenvalue weighted by Crippen LogP contribution is 2.38. The Labute approximate surface area is 189 Å². The van der Waals surface area contributed by atoms with Gasteiger partial charge >= 0.3 is 5.97 Å². The van der Waals surface area contributed by atoms with Crippen molar-refractivity contribution in [3.8, 4) is 11.5 Å². The third-order valence-corrected chi connectivity index (χ3v) is 6.34. The number of hydrogen-bond acceptors (Lipinski definition) is 6. The van der Waals surface area contributed by atoms with Crippen molar-refractivity contribution in [3.05, 3.63) is 29.5 Å². The van der Waals surface area contributed by atoms with E-state index in [-0.39, 0.29) is 23.9 Å². The van der Waals surface area contributed by atoms with Crippen molar-refractivity contribution in [1.29, 1.82) is 0 Å². The van der Waals surface area contributed by atoms with Gasteiger partial charge in [0.15, 0.2) is 0 Å². The van der Waals surface area contributed by atoms with Crippen molar-refractivity contribution in [2.45, 2.75) is 64.5 Å². The summed E-state index contributed by atoms with van der Waals surface area (Å²) in [6.07, 6.45) is 4.59. The van der Waals surface area contributed by atoms with E-state index in [1.165, 1.54) is 7.11 Å². The van der Waals surface area contributed by atoms with Gasteiger partial charge in [-0.2, -0.15) is 0 Å². The number of aromatic nitrogens is 1. The Morgan fingerprint density at radius 3 is 2.69 bits per heavy atom. The Morgan fingerprint density at radius 1 is 1.19 bits per heavy atom. The molecule has 0 bridgehead atoms. The zero-order valence-corrected chi connectivity index (χ0v) is 19.3. The molecule has 1 saturated heterocycles. The minimum Gasteiger partial charge on any atom is -0.497 e. The van der Waals surface area contributed by atoms with Gasteiger partial charge in [-0.3, -0.25) is 9.78 Å². The van der Waals surface area contributed by atoms with E-state index in [1.807, 2.05) is 32.0 Å². The van der Waals surface area contributed by atoms with Gasteiger partial charge in [0.05, 0.1) is 26.3 Å². The van der Waals surface area contributed by atoms with Gasteiger partial charge in [0.25, 0.3) is 0 Å². The number of carbonyl (C=O) groups excluding carboxylic acids is 2. The van der Waals surface area contributed by atoms with E-state index >= 15 is 0 Å². The zero-order valence-electron chi connectivity index (χ0n) is 19.3. The summed E-state index contributed by atoms with van der Waals surface area (Å²) in [6.45, 7) is 4.37. The fourth-order valence-electron chi connectivity index (χ4n) is 4.77. The van der Waals surface area contributed by atoms with Crippen LogP contribution >= 0.6 is 0 Å². The monoisotopic (exact) mass is 440 g/mol. The standard InChI is InChI=1S/C25H32N2O5/c1-15(2)11-23(28)27-14-17(13-22(27)25(29)31-4)32-24-18-7-5-6-8-20(18)26-21-12-16(30-3)9-10-19(21)24/h9-10,12,15,17,22H,5-8,11,13-14H2,1-4H3/t17-,22+/m1/s1. The highest BCUT2D eigenvalue weighted by atomic mass is 16.5. The highest BCUT2D eigenvalue weighted by molar-refractivity contribution is 5.88. The number of pyridine rings is 1. The largest absolute Gasteiger partial charge is 0.497 e. The predicted molar refractivity (Wildman–Crippen MR) is 121 cm³/mol. The Hall–Kier alpha value is -2.83. The van der Waals surface area contributed by atoms with Crippen molar-refractivity contribution in [3.63, 3.8) is 0 Å². The molecular weight excluding hydrogens is 408 g/mol. The first-order chi connectivity index (χ1) is 15.4. The predicted octanol–water partition coefficient (Wildman–Crippen LogP) is 3.69. The van der Waals surface area contributed by atoms with Crippen LogP contribution in [0, 0.1) is 5.92 Å². The summed E-state index contributed by atoms with van der Waals surface area (Å²) < 4.78 is 17.0. The molecule has 1 aromatic heterocycles. The van der Waals surface area contributed by atoms with Crippen LogP contribution in [0.2, 0.25) is 0 Å². The molecule has 4 rings (SSSR count). The van der Waals surface area contributed by atoms with Crippen LogP contribution in [-0.2, 0) is 27.2 Å². The SMILES string of the molecule is COC(=O)[C@@H]1C[C@@H](Oc2c3c(nc4cc(OC)ccc24)CCCC3)CN1C(=O)CC(C)C. The number of amides is 1. The summed E-state index contributed by atoms with van der Waals surface area (Å²) in [5.74, 6) is 1.38. The molecule has 1 aliphatic heterocycles. The number of fused-ring (bicyclic) bond motifs is 2. The van der Waals surface area contributed by atoms with E-state index < -0.39 is 6.04 Å². The average molecular weight is 441 g/mol. The Balaban J connectivity index is 1.68. The van der Waals surface area contributed by atoms with Crippen LogP contribution in [0.3, 0.4) is 0 Å². The normalized spacial score (nSPS) is 20.3. The van der Waals surface area contributed by atoms with Crippen LogP contribution in [0.15, 0.2) is 18.2 Å². The summed E-state index contributed by atoms with van der Waals surface area (Å²) in [5, 5.41) is 0.938. The number of benzene rings is 1. The Kier molecular flexibility index (Phi) is 6.53. The first-order valence-corrected chi connectivity index (χ1v) is 11.4. The van der Waals surface area contributed by atoms with Crippen molar-refractivity contribution in [2.24, 2.45) is 5.92 Å². The number of likely N-dealkylation sites (tertiary alicyclic amines) is 1. The smallest absolute Gasteiger partial charge is 0.328 e. The molecule has 1 fully saturated rings. The van der Waals surface area contributed by atoms with Crippen molar-refractivity contribution >= 4 is 22.8 Å². The molecule has 32 heavy (non-hydrogen) atoms. The van der Waals surface area contributed by atoms with Gasteiger partial charge in [-0.15, -0.1) is 0 Å². The molecule has 0 radical (unpaired) electrons. The molecule has 172 valence electrons. The lowest BCUT2D eigenvalue weighted by molar-refractivity contribution is -0.151. The molecule has 1 amide bonds. The van der Waals surface area contributed by atoms with Crippen LogP contribution in [0.4, 0.5) is 0 Å². The van der Waals surface area contributed by atoms with E-state index in [2.05, 4.69) is 0 Å². The quantitative estimate of drug-likeness (QED) is 0.638. The fourth-order valence-corrected chi connectivity index (χ4v) is 4.77. The van der Waals surface area contributed by atoms with Crippen LogP contribution in [0.1, 0.15) is 50.8 Å². The maximum absolute atomic E-state index is 12.8. The van der Waals surface area contributed by atoms with Crippen LogP contribution < -0.4 is 9.47 Å². The lowest BCUT2D eigenvalue weighted by atomic mass is 9.93. The van der Waals surface area contributed by atoms with E-state index in [0.717, 1.165) is 59.3 Å². The first kappa shape index (κ1) is 22.4. The molecule has 0 unspecified atom stereocenters. The molecule has 7 nitrogen and oxygen atoms in total. The first-order valence-electron chi connectivity index (χ1n) is 11.4. The van der Waals surface area contributed by atoms with Gasteiger partial charge < -0.3 is 19.1 Å². The van der Waals surface area contributed by atoms with Crippen molar-refractivity contribution < 1.29 is 23.8 Å². The van der Waals surface area contributed by atoms with Gasteiger partial charge in [0.1, 0.15) is 23.6 Å². The second-order valence-corrected chi connectivity index (χ2v) is 9.11. The maximum atomic E-state index is 12.8. The minimum absolute atomic E-state index is 0.0344. The van der Waals surface area contributed by atoms with Crippen LogP contribution in [0.25, 0.3) is 10.9 Å². The number of ether oxygens (including phenoxy) is 3. The van der Waals surface area contributed by atoms with Crippen molar-refractivity contribution in [1.82, 2.24) is 9.88 Å². The third kappa shape index (κ3) is 4.38. The van der Waals surface area contributed by atoms with Gasteiger partial charge in [0, 0.05) is 35.6 Å². The summed E-state index contributed by atoms with van der Waals surface area (Å²) in [5.41, 5.74) is 3.06. The summed E-state index contributed by atoms with van der Waals surface area (Å²) in [4.78, 5) is 31.8. The van der Waals surface area contributed by atoms with E-state index in [9.17, 15) is 9.59 Å². The summed E-state index contributed by atoms with van der Waals surface area (Å²) in [7, 11) is 3.01. The highest BCUT2D eigenvalue weighted by Gasteiger charge is 2.42. The number of aryl methyl sites for hydroxylation is 1.